The number of para-hydroxylation sites is 1. The third kappa shape index (κ3) is 2.10. The Labute approximate surface area is 105 Å². The summed E-state index contributed by atoms with van der Waals surface area (Å²) < 4.78 is 10.9. The van der Waals surface area contributed by atoms with Gasteiger partial charge in [0.1, 0.15) is 0 Å². The van der Waals surface area contributed by atoms with Gasteiger partial charge in [-0.2, -0.15) is 5.06 Å². The van der Waals surface area contributed by atoms with Crippen LogP contribution in [0.1, 0.15) is 0 Å². The van der Waals surface area contributed by atoms with E-state index in [0.717, 1.165) is 5.69 Å². The van der Waals surface area contributed by atoms with Crippen molar-refractivity contribution in [3.05, 3.63) is 18.2 Å². The van der Waals surface area contributed by atoms with Gasteiger partial charge in [0, 0.05) is 26.2 Å². The van der Waals surface area contributed by atoms with Crippen LogP contribution in [-0.2, 0) is 0 Å². The molecule has 0 amide bonds. The van der Waals surface area contributed by atoms with Crippen LogP contribution in [0.3, 0.4) is 0 Å². The van der Waals surface area contributed by atoms with E-state index >= 15 is 0 Å². The van der Waals surface area contributed by atoms with Gasteiger partial charge in [0.25, 0.3) is 0 Å². The molecule has 1 saturated heterocycles. The third-order valence-electron chi connectivity index (χ3n) is 3.19. The summed E-state index contributed by atoms with van der Waals surface area (Å²) in [6, 6.07) is 5.67. The first-order valence-electron chi connectivity index (χ1n) is 6.03. The number of piperazine rings is 1. The first-order valence-corrected chi connectivity index (χ1v) is 6.03. The topological polar surface area (TPSA) is 65.4 Å². The molecule has 1 unspecified atom stereocenters. The summed E-state index contributed by atoms with van der Waals surface area (Å²) in [6.45, 7) is 2.76. The Kier molecular flexibility index (Phi) is 2.99. The van der Waals surface area contributed by atoms with E-state index in [-0.39, 0.29) is 6.61 Å². The highest BCUT2D eigenvalue weighted by Crippen LogP contribution is 2.40. The van der Waals surface area contributed by atoms with Crippen LogP contribution in [-0.4, -0.2) is 54.5 Å². The van der Waals surface area contributed by atoms with Crippen molar-refractivity contribution in [3.63, 3.8) is 0 Å². The number of aliphatic hydroxyl groups is 1. The number of hydroxylamine groups is 2. The van der Waals surface area contributed by atoms with Crippen LogP contribution in [0, 0.1) is 0 Å². The minimum atomic E-state index is -0.919. The number of ether oxygens (including phenoxy) is 2. The molecule has 0 spiro atoms. The molecule has 2 N–H and O–H groups in total. The molecule has 6 heteroatoms. The van der Waals surface area contributed by atoms with Crippen molar-refractivity contribution in [3.8, 4) is 11.5 Å². The van der Waals surface area contributed by atoms with Crippen LogP contribution in [0.15, 0.2) is 18.2 Å². The second-order valence-corrected chi connectivity index (χ2v) is 4.43. The summed E-state index contributed by atoms with van der Waals surface area (Å²) in [7, 11) is 0. The molecule has 1 aromatic rings. The Bertz CT molecular complexity index is 432. The van der Waals surface area contributed by atoms with Gasteiger partial charge in [0.05, 0.1) is 5.69 Å². The van der Waals surface area contributed by atoms with Crippen molar-refractivity contribution in [1.82, 2.24) is 5.06 Å². The van der Waals surface area contributed by atoms with Gasteiger partial charge in [-0.3, -0.25) is 0 Å². The Morgan fingerprint density at radius 3 is 2.72 bits per heavy atom. The predicted molar refractivity (Wildman–Crippen MR) is 64.1 cm³/mol. The van der Waals surface area contributed by atoms with Crippen LogP contribution in [0.2, 0.25) is 0 Å². The monoisotopic (exact) mass is 252 g/mol. The number of rotatable bonds is 1. The summed E-state index contributed by atoms with van der Waals surface area (Å²) in [6.07, 6.45) is -0.919. The van der Waals surface area contributed by atoms with E-state index in [2.05, 4.69) is 4.90 Å². The maximum absolute atomic E-state index is 9.51. The molecule has 2 aliphatic heterocycles. The maximum atomic E-state index is 9.51. The highest BCUT2D eigenvalue weighted by molar-refractivity contribution is 5.65. The van der Waals surface area contributed by atoms with Gasteiger partial charge < -0.3 is 24.7 Å². The second kappa shape index (κ2) is 4.64. The first-order chi connectivity index (χ1) is 8.74. The van der Waals surface area contributed by atoms with Crippen LogP contribution < -0.4 is 14.4 Å². The Hall–Kier alpha value is -1.50. The Morgan fingerprint density at radius 2 is 1.94 bits per heavy atom. The number of fused-ring (bicyclic) bond motifs is 1. The average Bonchev–Trinajstić information content (AvgIpc) is 2.39. The fraction of sp³-hybridized carbons (Fsp3) is 0.500. The lowest BCUT2D eigenvalue weighted by Crippen LogP contribution is -2.45. The van der Waals surface area contributed by atoms with Crippen LogP contribution >= 0.6 is 0 Å². The van der Waals surface area contributed by atoms with Crippen LogP contribution in [0.5, 0.6) is 11.5 Å². The van der Waals surface area contributed by atoms with Crippen LogP contribution in [0.25, 0.3) is 0 Å². The van der Waals surface area contributed by atoms with Crippen molar-refractivity contribution >= 4 is 5.69 Å². The number of aliphatic hydroxyl groups excluding tert-OH is 1. The molecular formula is C12H16N2O4. The molecule has 0 bridgehead atoms. The number of hydrogen-bond donors (Lipinski definition) is 2. The molecular weight excluding hydrogens is 236 g/mol. The molecule has 2 aliphatic rings. The highest BCUT2D eigenvalue weighted by Gasteiger charge is 2.25. The van der Waals surface area contributed by atoms with Gasteiger partial charge in [-0.15, -0.1) is 0 Å². The lowest BCUT2D eigenvalue weighted by molar-refractivity contribution is -0.0939. The molecule has 0 aliphatic carbocycles. The van der Waals surface area contributed by atoms with E-state index in [1.165, 1.54) is 5.06 Å². The standard InChI is InChI=1S/C12H16N2O4/c15-11-8-17-10-3-1-2-9(12(10)18-11)13-4-6-14(16)7-5-13/h1-3,11,15-16H,4-8H2. The van der Waals surface area contributed by atoms with Crippen molar-refractivity contribution in [2.75, 3.05) is 37.7 Å². The summed E-state index contributed by atoms with van der Waals surface area (Å²) in [5, 5.41) is 20.2. The molecule has 1 atom stereocenters. The largest absolute Gasteiger partial charge is 0.483 e. The van der Waals surface area contributed by atoms with Gasteiger partial charge in [-0.05, 0) is 12.1 Å². The number of anilines is 1. The molecule has 18 heavy (non-hydrogen) atoms. The molecule has 6 nitrogen and oxygen atoms in total. The fourth-order valence-corrected chi connectivity index (χ4v) is 2.25. The zero-order valence-corrected chi connectivity index (χ0v) is 9.95. The Morgan fingerprint density at radius 1 is 1.17 bits per heavy atom. The zero-order valence-electron chi connectivity index (χ0n) is 9.95. The average molecular weight is 252 g/mol. The van der Waals surface area contributed by atoms with Crippen molar-refractivity contribution in [2.24, 2.45) is 0 Å². The number of hydrogen-bond acceptors (Lipinski definition) is 6. The van der Waals surface area contributed by atoms with E-state index in [0.29, 0.717) is 37.7 Å². The van der Waals surface area contributed by atoms with Gasteiger partial charge in [0.15, 0.2) is 18.1 Å². The van der Waals surface area contributed by atoms with Crippen molar-refractivity contribution in [1.29, 1.82) is 0 Å². The number of nitrogens with zero attached hydrogens (tertiary/aromatic N) is 2. The summed E-state index contributed by atoms with van der Waals surface area (Å²) in [4.78, 5) is 2.12. The first kappa shape index (κ1) is 11.6. The van der Waals surface area contributed by atoms with E-state index in [1.54, 1.807) is 0 Å². The minimum Gasteiger partial charge on any atom is -0.483 e. The highest BCUT2D eigenvalue weighted by atomic mass is 16.7. The smallest absolute Gasteiger partial charge is 0.232 e. The molecule has 1 fully saturated rings. The molecule has 2 heterocycles. The van der Waals surface area contributed by atoms with Crippen molar-refractivity contribution in [2.45, 2.75) is 6.29 Å². The van der Waals surface area contributed by atoms with Crippen molar-refractivity contribution < 1.29 is 19.8 Å². The van der Waals surface area contributed by atoms with Crippen LogP contribution in [0.4, 0.5) is 5.69 Å². The quantitative estimate of drug-likeness (QED) is 0.749. The van der Waals surface area contributed by atoms with Gasteiger partial charge in [-0.1, -0.05) is 6.07 Å². The summed E-state index contributed by atoms with van der Waals surface area (Å²) >= 11 is 0. The van der Waals surface area contributed by atoms with E-state index in [1.807, 2.05) is 18.2 Å². The van der Waals surface area contributed by atoms with E-state index in [9.17, 15) is 10.3 Å². The minimum absolute atomic E-state index is 0.154. The summed E-state index contributed by atoms with van der Waals surface area (Å²) in [5.41, 5.74) is 0.902. The summed E-state index contributed by atoms with van der Waals surface area (Å²) in [5.74, 6) is 1.24. The van der Waals surface area contributed by atoms with Gasteiger partial charge >= 0.3 is 0 Å². The lowest BCUT2D eigenvalue weighted by Gasteiger charge is -2.35. The SMILES string of the molecule is OC1COc2cccc(N3CCN(O)CC3)c2O1. The molecule has 0 aromatic heterocycles. The molecule has 0 radical (unpaired) electrons. The number of benzene rings is 1. The molecule has 1 aromatic carbocycles. The second-order valence-electron chi connectivity index (χ2n) is 4.43. The Balaban J connectivity index is 1.88. The molecule has 3 rings (SSSR count). The predicted octanol–water partition coefficient (Wildman–Crippen LogP) is 0.287. The van der Waals surface area contributed by atoms with E-state index < -0.39 is 6.29 Å². The normalized spacial score (nSPS) is 24.1. The van der Waals surface area contributed by atoms with Gasteiger partial charge in [-0.25, -0.2) is 0 Å². The zero-order chi connectivity index (χ0) is 12.5. The third-order valence-corrected chi connectivity index (χ3v) is 3.19. The lowest BCUT2D eigenvalue weighted by atomic mass is 10.2. The fourth-order valence-electron chi connectivity index (χ4n) is 2.25. The molecule has 98 valence electrons. The molecule has 0 saturated carbocycles. The van der Waals surface area contributed by atoms with E-state index in [4.69, 9.17) is 9.47 Å². The maximum Gasteiger partial charge on any atom is 0.232 e. The van der Waals surface area contributed by atoms with Gasteiger partial charge in [0.2, 0.25) is 6.29 Å².